The molecule has 0 radical (unpaired) electrons. The molecule has 0 heterocycles. The molecule has 72 valence electrons. The maximum atomic E-state index is 12.3. The Balaban J connectivity index is 3.43. The van der Waals surface area contributed by atoms with E-state index < -0.39 is 11.7 Å². The Morgan fingerprint density at radius 1 is 1.31 bits per heavy atom. The summed E-state index contributed by atoms with van der Waals surface area (Å²) in [6.07, 6.45) is -4.49. The van der Waals surface area contributed by atoms with Crippen LogP contribution >= 0.6 is 27.5 Å². The molecule has 1 nitrogen and oxygen atoms in total. The molecule has 0 fully saturated rings. The van der Waals surface area contributed by atoms with E-state index in [-0.39, 0.29) is 15.2 Å². The second kappa shape index (κ2) is 3.38. The molecule has 1 rings (SSSR count). The minimum atomic E-state index is -4.49. The highest BCUT2D eigenvalue weighted by atomic mass is 79.9. The Labute approximate surface area is 85.8 Å². The minimum absolute atomic E-state index is 0.0109. The highest BCUT2D eigenvalue weighted by Crippen LogP contribution is 2.41. The predicted octanol–water partition coefficient (Wildman–Crippen LogP) is 3.70. The van der Waals surface area contributed by atoms with Crippen LogP contribution in [-0.4, -0.2) is 0 Å². The molecule has 0 bridgehead atoms. The third-order valence-corrected chi connectivity index (χ3v) is 2.57. The van der Waals surface area contributed by atoms with Crippen molar-refractivity contribution in [1.82, 2.24) is 0 Å². The van der Waals surface area contributed by atoms with Crippen LogP contribution < -0.4 is 5.73 Å². The van der Waals surface area contributed by atoms with Crippen LogP contribution in [0.3, 0.4) is 0 Å². The smallest absolute Gasteiger partial charge is 0.398 e. The molecule has 0 spiro atoms. The highest BCUT2D eigenvalue weighted by Gasteiger charge is 2.36. The third-order valence-electron chi connectivity index (χ3n) is 1.40. The van der Waals surface area contributed by atoms with Crippen molar-refractivity contribution >= 4 is 33.2 Å². The van der Waals surface area contributed by atoms with Gasteiger partial charge in [-0.1, -0.05) is 11.6 Å². The molecule has 1 aromatic carbocycles. The average molecular weight is 274 g/mol. The molecule has 0 aliphatic heterocycles. The van der Waals surface area contributed by atoms with Gasteiger partial charge in [-0.05, 0) is 28.1 Å². The summed E-state index contributed by atoms with van der Waals surface area (Å²) in [7, 11) is 0. The maximum absolute atomic E-state index is 12.3. The van der Waals surface area contributed by atoms with Crippen molar-refractivity contribution in [3.63, 3.8) is 0 Å². The predicted molar refractivity (Wildman–Crippen MR) is 48.6 cm³/mol. The van der Waals surface area contributed by atoms with Gasteiger partial charge in [-0.15, -0.1) is 0 Å². The van der Waals surface area contributed by atoms with Gasteiger partial charge >= 0.3 is 6.18 Å². The van der Waals surface area contributed by atoms with Gasteiger partial charge in [-0.3, -0.25) is 0 Å². The lowest BCUT2D eigenvalue weighted by molar-refractivity contribution is -0.138. The fourth-order valence-corrected chi connectivity index (χ4v) is 1.78. The van der Waals surface area contributed by atoms with E-state index in [1.807, 2.05) is 0 Å². The number of hydrogen-bond acceptors (Lipinski definition) is 1. The Hall–Kier alpha value is -0.420. The monoisotopic (exact) mass is 273 g/mol. The van der Waals surface area contributed by atoms with Gasteiger partial charge in [0.2, 0.25) is 0 Å². The summed E-state index contributed by atoms with van der Waals surface area (Å²) in [5.41, 5.74) is 4.36. The van der Waals surface area contributed by atoms with Crippen LogP contribution in [0, 0.1) is 0 Å². The Morgan fingerprint density at radius 3 is 2.23 bits per heavy atom. The number of halogens is 5. The maximum Gasteiger partial charge on any atom is 0.419 e. The fraction of sp³-hybridized carbons (Fsp3) is 0.143. The van der Waals surface area contributed by atoms with Crippen LogP contribution in [0.2, 0.25) is 5.02 Å². The Bertz CT molecular complexity index is 337. The topological polar surface area (TPSA) is 26.0 Å². The van der Waals surface area contributed by atoms with Crippen LogP contribution in [0.1, 0.15) is 5.56 Å². The van der Waals surface area contributed by atoms with Gasteiger partial charge in [-0.2, -0.15) is 13.2 Å². The molecule has 0 unspecified atom stereocenters. The van der Waals surface area contributed by atoms with Crippen LogP contribution in [-0.2, 0) is 6.18 Å². The van der Waals surface area contributed by atoms with E-state index in [4.69, 9.17) is 17.3 Å². The van der Waals surface area contributed by atoms with Gasteiger partial charge in [0.25, 0.3) is 0 Å². The van der Waals surface area contributed by atoms with Crippen molar-refractivity contribution < 1.29 is 13.2 Å². The second-order valence-corrected chi connectivity index (χ2v) is 3.52. The molecule has 13 heavy (non-hydrogen) atoms. The number of hydrogen-bond donors (Lipinski definition) is 1. The van der Waals surface area contributed by atoms with E-state index in [9.17, 15) is 13.2 Å². The van der Waals surface area contributed by atoms with Crippen molar-refractivity contribution in [3.05, 3.63) is 27.2 Å². The summed E-state index contributed by atoms with van der Waals surface area (Å²) >= 11 is 8.12. The van der Waals surface area contributed by atoms with E-state index in [0.29, 0.717) is 0 Å². The SMILES string of the molecule is Nc1ccc(Cl)c(C(F)(F)F)c1Br. The number of anilines is 1. The lowest BCUT2D eigenvalue weighted by atomic mass is 10.2. The molecular weight excluding hydrogens is 270 g/mol. The van der Waals surface area contributed by atoms with Crippen LogP contribution in [0.15, 0.2) is 16.6 Å². The average Bonchev–Trinajstić information content (AvgIpc) is 1.95. The zero-order valence-corrected chi connectivity index (χ0v) is 8.46. The lowest BCUT2D eigenvalue weighted by Crippen LogP contribution is -2.08. The lowest BCUT2D eigenvalue weighted by Gasteiger charge is -2.12. The third kappa shape index (κ3) is 2.08. The largest absolute Gasteiger partial charge is 0.419 e. The van der Waals surface area contributed by atoms with Gasteiger partial charge in [0, 0.05) is 5.69 Å². The summed E-state index contributed by atoms with van der Waals surface area (Å²) in [6.45, 7) is 0. The van der Waals surface area contributed by atoms with Gasteiger partial charge in [0.1, 0.15) is 0 Å². The molecule has 0 atom stereocenters. The number of alkyl halides is 3. The fourth-order valence-electron chi connectivity index (χ4n) is 0.828. The van der Waals surface area contributed by atoms with Crippen molar-refractivity contribution in [2.24, 2.45) is 0 Å². The standard InChI is InChI=1S/C7H4BrClF3N/c8-6-4(13)2-1-3(9)5(6)7(10,11)12/h1-2H,13H2. The van der Waals surface area contributed by atoms with E-state index in [1.165, 1.54) is 6.07 Å². The van der Waals surface area contributed by atoms with Gasteiger partial charge in [0.15, 0.2) is 0 Å². The molecule has 0 saturated heterocycles. The molecule has 0 aromatic heterocycles. The summed E-state index contributed by atoms with van der Waals surface area (Å²) in [5, 5.41) is -0.367. The van der Waals surface area contributed by atoms with E-state index in [2.05, 4.69) is 15.9 Å². The Morgan fingerprint density at radius 2 is 1.85 bits per heavy atom. The van der Waals surface area contributed by atoms with Gasteiger partial charge < -0.3 is 5.73 Å². The normalized spacial score (nSPS) is 11.8. The van der Waals surface area contributed by atoms with Crippen molar-refractivity contribution in [2.45, 2.75) is 6.18 Å². The van der Waals surface area contributed by atoms with Crippen LogP contribution in [0.4, 0.5) is 18.9 Å². The first-order valence-corrected chi connectivity index (χ1v) is 4.32. The number of benzene rings is 1. The number of rotatable bonds is 0. The van der Waals surface area contributed by atoms with E-state index in [1.54, 1.807) is 0 Å². The van der Waals surface area contributed by atoms with Crippen molar-refractivity contribution in [1.29, 1.82) is 0 Å². The quantitative estimate of drug-likeness (QED) is 0.717. The van der Waals surface area contributed by atoms with Crippen LogP contribution in [0.5, 0.6) is 0 Å². The Kier molecular flexibility index (Phi) is 2.77. The van der Waals surface area contributed by atoms with Crippen molar-refractivity contribution in [3.8, 4) is 0 Å². The number of nitrogen functional groups attached to an aromatic ring is 1. The van der Waals surface area contributed by atoms with E-state index >= 15 is 0 Å². The summed E-state index contributed by atoms with van der Waals surface area (Å²) < 4.78 is 36.7. The summed E-state index contributed by atoms with van der Waals surface area (Å²) in [6, 6.07) is 2.42. The minimum Gasteiger partial charge on any atom is -0.398 e. The molecule has 0 amide bonds. The molecule has 2 N–H and O–H groups in total. The van der Waals surface area contributed by atoms with Crippen molar-refractivity contribution in [2.75, 3.05) is 5.73 Å². The first-order valence-electron chi connectivity index (χ1n) is 3.14. The molecule has 0 aliphatic rings. The van der Waals surface area contributed by atoms with Gasteiger partial charge in [0.05, 0.1) is 15.1 Å². The van der Waals surface area contributed by atoms with E-state index in [0.717, 1.165) is 6.07 Å². The second-order valence-electron chi connectivity index (χ2n) is 2.32. The molecule has 0 saturated carbocycles. The molecule has 6 heteroatoms. The van der Waals surface area contributed by atoms with Crippen LogP contribution in [0.25, 0.3) is 0 Å². The number of nitrogens with two attached hydrogens (primary N) is 1. The first-order chi connectivity index (χ1) is 5.84. The molecule has 0 aliphatic carbocycles. The molecular formula is C7H4BrClF3N. The highest BCUT2D eigenvalue weighted by molar-refractivity contribution is 9.10. The zero-order chi connectivity index (χ0) is 10.2. The molecule has 1 aromatic rings. The summed E-state index contributed by atoms with van der Waals surface area (Å²) in [5.74, 6) is 0. The summed E-state index contributed by atoms with van der Waals surface area (Å²) in [4.78, 5) is 0. The van der Waals surface area contributed by atoms with Gasteiger partial charge in [-0.25, -0.2) is 0 Å². The zero-order valence-electron chi connectivity index (χ0n) is 6.12. The first kappa shape index (κ1) is 10.7.